The van der Waals surface area contributed by atoms with Crippen molar-refractivity contribution in [3.63, 3.8) is 0 Å². The van der Waals surface area contributed by atoms with Gasteiger partial charge in [-0.2, -0.15) is 17.6 Å². The first-order chi connectivity index (χ1) is 8.76. The number of rotatable bonds is 11. The first-order valence-corrected chi connectivity index (χ1v) is 5.69. The van der Waals surface area contributed by atoms with Gasteiger partial charge in [-0.3, -0.25) is 9.64 Å². The third-order valence-electron chi connectivity index (χ3n) is 2.08. The molecule has 0 aromatic heterocycles. The number of halogens is 5. The molecular weight excluding hydrogens is 277 g/mol. The van der Waals surface area contributed by atoms with Gasteiger partial charge < -0.3 is 9.84 Å². The molecule has 19 heavy (non-hydrogen) atoms. The molecule has 1 N–H and O–H groups in total. The van der Waals surface area contributed by atoms with E-state index < -0.39 is 32.2 Å². The zero-order valence-electron chi connectivity index (χ0n) is 10.6. The van der Waals surface area contributed by atoms with E-state index in [4.69, 9.17) is 5.11 Å². The van der Waals surface area contributed by atoms with Gasteiger partial charge in [0.05, 0.1) is 13.2 Å². The lowest BCUT2D eigenvalue weighted by Crippen LogP contribution is -2.43. The highest BCUT2D eigenvalue weighted by Crippen LogP contribution is 2.23. The molecule has 0 aliphatic carbocycles. The highest BCUT2D eigenvalue weighted by Gasteiger charge is 2.39. The molecule has 0 aromatic carbocycles. The van der Waals surface area contributed by atoms with Crippen LogP contribution in [0.15, 0.2) is 0 Å². The topological polar surface area (TPSA) is 41.9 Å². The molecule has 4 nitrogen and oxygen atoms in total. The predicted octanol–water partition coefficient (Wildman–Crippen LogP) is 1.84. The van der Waals surface area contributed by atoms with Gasteiger partial charge in [0.1, 0.15) is 6.61 Å². The van der Waals surface area contributed by atoms with Crippen LogP contribution in [-0.2, 0) is 9.47 Å². The number of aliphatic hydroxyl groups is 1. The van der Waals surface area contributed by atoms with Crippen molar-refractivity contribution >= 4 is 0 Å². The average molecular weight is 295 g/mol. The van der Waals surface area contributed by atoms with Crippen LogP contribution in [0.25, 0.3) is 0 Å². The maximum absolute atomic E-state index is 13.3. The Labute approximate surface area is 108 Å². The Morgan fingerprint density at radius 1 is 1.05 bits per heavy atom. The molecule has 0 saturated heterocycles. The summed E-state index contributed by atoms with van der Waals surface area (Å²) >= 11 is 0. The second-order valence-electron chi connectivity index (χ2n) is 3.82. The molecule has 0 unspecified atom stereocenters. The van der Waals surface area contributed by atoms with Crippen LogP contribution < -0.4 is 0 Å². The molecule has 9 heteroatoms. The number of ether oxygens (including phenoxy) is 2. The maximum Gasteiger partial charge on any atom is 0.381 e. The van der Waals surface area contributed by atoms with Crippen molar-refractivity contribution < 1.29 is 36.5 Å². The maximum atomic E-state index is 13.3. The quantitative estimate of drug-likeness (QED) is 0.591. The molecular formula is C10H18F5NO3. The van der Waals surface area contributed by atoms with Crippen molar-refractivity contribution in [2.75, 3.05) is 39.7 Å². The van der Waals surface area contributed by atoms with Crippen molar-refractivity contribution in [3.8, 4) is 0 Å². The Morgan fingerprint density at radius 3 is 2.16 bits per heavy atom. The van der Waals surface area contributed by atoms with Gasteiger partial charge in [0.2, 0.25) is 0 Å². The van der Waals surface area contributed by atoms with Gasteiger partial charge in [-0.15, -0.1) is 0 Å². The van der Waals surface area contributed by atoms with E-state index in [0.717, 1.165) is 0 Å². The minimum Gasteiger partial charge on any atom is -0.395 e. The third-order valence-corrected chi connectivity index (χ3v) is 2.08. The predicted molar refractivity (Wildman–Crippen MR) is 56.7 cm³/mol. The minimum absolute atomic E-state index is 0.0236. The molecule has 0 spiro atoms. The summed E-state index contributed by atoms with van der Waals surface area (Å²) in [7, 11) is 0. The van der Waals surface area contributed by atoms with Gasteiger partial charge in [-0.05, 0) is 13.0 Å². The van der Waals surface area contributed by atoms with Gasteiger partial charge in [-0.25, -0.2) is 4.39 Å². The molecule has 0 aliphatic rings. The number of nitrogens with zero attached hydrogens (tertiary/aromatic N) is 1. The Hall–Kier alpha value is -0.510. The SMILES string of the molecule is CCCN(CCO)CC(F)(F)OCC(F)(F)OCF. The molecule has 0 aromatic rings. The van der Waals surface area contributed by atoms with Crippen molar-refractivity contribution in [2.45, 2.75) is 25.6 Å². The normalized spacial score (nSPS) is 13.3. The third kappa shape index (κ3) is 9.09. The van der Waals surface area contributed by atoms with Crippen LogP contribution in [0, 0.1) is 0 Å². The van der Waals surface area contributed by atoms with E-state index in [9.17, 15) is 22.0 Å². The molecule has 0 radical (unpaired) electrons. The van der Waals surface area contributed by atoms with Crippen LogP contribution in [0.3, 0.4) is 0 Å². The Morgan fingerprint density at radius 2 is 1.68 bits per heavy atom. The summed E-state index contributed by atoms with van der Waals surface area (Å²) in [5, 5.41) is 8.68. The van der Waals surface area contributed by atoms with Crippen LogP contribution >= 0.6 is 0 Å². The van der Waals surface area contributed by atoms with Crippen LogP contribution in [-0.4, -0.2) is 61.9 Å². The molecule has 0 rings (SSSR count). The molecule has 0 atom stereocenters. The van der Waals surface area contributed by atoms with Crippen molar-refractivity contribution in [1.82, 2.24) is 4.90 Å². The lowest BCUT2D eigenvalue weighted by Gasteiger charge is -2.27. The van der Waals surface area contributed by atoms with Crippen LogP contribution in [0.5, 0.6) is 0 Å². The van der Waals surface area contributed by atoms with E-state index in [0.29, 0.717) is 6.42 Å². The van der Waals surface area contributed by atoms with Crippen molar-refractivity contribution in [1.29, 1.82) is 0 Å². The Bertz CT molecular complexity index is 237. The highest BCUT2D eigenvalue weighted by atomic mass is 19.3. The van der Waals surface area contributed by atoms with Gasteiger partial charge in [-0.1, -0.05) is 6.92 Å². The zero-order valence-corrected chi connectivity index (χ0v) is 10.6. The van der Waals surface area contributed by atoms with Gasteiger partial charge in [0.15, 0.2) is 6.86 Å². The van der Waals surface area contributed by atoms with Crippen LogP contribution in [0.2, 0.25) is 0 Å². The minimum atomic E-state index is -4.11. The van der Waals surface area contributed by atoms with E-state index in [2.05, 4.69) is 9.47 Å². The number of hydrogen-bond donors (Lipinski definition) is 1. The van der Waals surface area contributed by atoms with E-state index in [1.807, 2.05) is 0 Å². The van der Waals surface area contributed by atoms with Crippen LogP contribution in [0.4, 0.5) is 22.0 Å². The molecule has 0 amide bonds. The van der Waals surface area contributed by atoms with E-state index in [1.54, 1.807) is 6.92 Å². The highest BCUT2D eigenvalue weighted by molar-refractivity contribution is 4.65. The van der Waals surface area contributed by atoms with Crippen LogP contribution in [0.1, 0.15) is 13.3 Å². The van der Waals surface area contributed by atoms with Crippen molar-refractivity contribution in [2.24, 2.45) is 0 Å². The lowest BCUT2D eigenvalue weighted by molar-refractivity contribution is -0.332. The number of hydrogen-bond acceptors (Lipinski definition) is 4. The smallest absolute Gasteiger partial charge is 0.381 e. The summed E-state index contributed by atoms with van der Waals surface area (Å²) in [6.07, 6.45) is -7.39. The molecule has 0 bridgehead atoms. The van der Waals surface area contributed by atoms with E-state index >= 15 is 0 Å². The molecule has 0 fully saturated rings. The largest absolute Gasteiger partial charge is 0.395 e. The van der Waals surface area contributed by atoms with Gasteiger partial charge >= 0.3 is 12.2 Å². The Kier molecular flexibility index (Phi) is 8.39. The van der Waals surface area contributed by atoms with E-state index in [1.165, 1.54) is 4.90 Å². The summed E-state index contributed by atoms with van der Waals surface area (Å²) in [6.45, 7) is -2.84. The summed E-state index contributed by atoms with van der Waals surface area (Å²) in [5.74, 6) is 0. The fourth-order valence-electron chi connectivity index (χ4n) is 1.34. The van der Waals surface area contributed by atoms with E-state index in [-0.39, 0.29) is 19.7 Å². The zero-order chi connectivity index (χ0) is 14.9. The first-order valence-electron chi connectivity index (χ1n) is 5.69. The summed E-state index contributed by atoms with van der Waals surface area (Å²) in [6, 6.07) is 0. The van der Waals surface area contributed by atoms with Crippen molar-refractivity contribution in [3.05, 3.63) is 0 Å². The molecule has 0 heterocycles. The number of aliphatic hydroxyl groups excluding tert-OH is 1. The molecule has 116 valence electrons. The van der Waals surface area contributed by atoms with Gasteiger partial charge in [0.25, 0.3) is 0 Å². The summed E-state index contributed by atoms with van der Waals surface area (Å²) < 4.78 is 70.4. The first kappa shape index (κ1) is 18.5. The summed E-state index contributed by atoms with van der Waals surface area (Å²) in [4.78, 5) is 1.17. The molecule has 0 saturated carbocycles. The fourth-order valence-corrected chi connectivity index (χ4v) is 1.34. The second kappa shape index (κ2) is 8.62. The lowest BCUT2D eigenvalue weighted by atomic mass is 10.4. The molecule has 0 aliphatic heterocycles. The second-order valence-corrected chi connectivity index (χ2v) is 3.82. The standard InChI is InChI=1S/C10H18F5NO3/c1-2-3-16(4-5-17)6-9(12,13)18-7-10(14,15)19-8-11/h17H,2-8H2,1H3. The van der Waals surface area contributed by atoms with Gasteiger partial charge in [0, 0.05) is 6.54 Å². The Balaban J connectivity index is 4.28. The monoisotopic (exact) mass is 295 g/mol. The average Bonchev–Trinajstić information content (AvgIpc) is 2.27. The summed E-state index contributed by atoms with van der Waals surface area (Å²) in [5.41, 5.74) is 0. The number of alkyl halides is 5. The fraction of sp³-hybridized carbons (Fsp3) is 1.00.